The highest BCUT2D eigenvalue weighted by atomic mass is 16.5. The molecule has 0 saturated heterocycles. The third-order valence-electron chi connectivity index (χ3n) is 5.69. The van der Waals surface area contributed by atoms with Crippen molar-refractivity contribution in [2.24, 2.45) is 4.99 Å². The van der Waals surface area contributed by atoms with E-state index < -0.39 is 5.97 Å². The maximum Gasteiger partial charge on any atom is 0.343 e. The van der Waals surface area contributed by atoms with Crippen molar-refractivity contribution in [3.05, 3.63) is 53.6 Å². The molecule has 34 heavy (non-hydrogen) atoms. The van der Waals surface area contributed by atoms with Crippen molar-refractivity contribution in [2.75, 3.05) is 13.2 Å². The lowest BCUT2D eigenvalue weighted by molar-refractivity contribution is 0.0734. The van der Waals surface area contributed by atoms with Gasteiger partial charge in [-0.2, -0.15) is 0 Å². The predicted molar refractivity (Wildman–Crippen MR) is 140 cm³/mol. The highest BCUT2D eigenvalue weighted by Gasteiger charge is 2.10. The van der Waals surface area contributed by atoms with Crippen LogP contribution in [0.25, 0.3) is 0 Å². The van der Waals surface area contributed by atoms with Crippen LogP contribution in [0.4, 0.5) is 0 Å². The number of phenolic OH excluding ortho intramolecular Hbond substituents is 1. The average Bonchev–Trinajstić information content (AvgIpc) is 2.84. The minimum Gasteiger partial charge on any atom is -0.507 e. The SMILES string of the molecule is CCCCCCCCCCOc1ccc(C(=O)Oc2ccc(C=NCCCCC)c(O)c2)cc1. The molecule has 186 valence electrons. The van der Waals surface area contributed by atoms with Crippen molar-refractivity contribution in [1.29, 1.82) is 0 Å². The van der Waals surface area contributed by atoms with Crippen molar-refractivity contribution in [3.63, 3.8) is 0 Å². The number of phenols is 1. The van der Waals surface area contributed by atoms with Gasteiger partial charge < -0.3 is 14.6 Å². The van der Waals surface area contributed by atoms with Crippen LogP contribution in [0, 0.1) is 0 Å². The Morgan fingerprint density at radius 1 is 0.824 bits per heavy atom. The van der Waals surface area contributed by atoms with Gasteiger partial charge in [0.25, 0.3) is 0 Å². The van der Waals surface area contributed by atoms with Gasteiger partial charge in [-0.1, -0.05) is 71.6 Å². The van der Waals surface area contributed by atoms with Crippen LogP contribution in [0.2, 0.25) is 0 Å². The van der Waals surface area contributed by atoms with Crippen LogP contribution in [-0.2, 0) is 0 Å². The van der Waals surface area contributed by atoms with E-state index in [0.29, 0.717) is 23.5 Å². The molecule has 1 N–H and O–H groups in total. The van der Waals surface area contributed by atoms with Gasteiger partial charge in [-0.25, -0.2) is 4.79 Å². The first-order chi connectivity index (χ1) is 16.6. The summed E-state index contributed by atoms with van der Waals surface area (Å²) in [7, 11) is 0. The van der Waals surface area contributed by atoms with Gasteiger partial charge in [0.05, 0.1) is 12.2 Å². The van der Waals surface area contributed by atoms with E-state index in [9.17, 15) is 9.90 Å². The van der Waals surface area contributed by atoms with Gasteiger partial charge in [-0.3, -0.25) is 4.99 Å². The number of carbonyl (C=O) groups is 1. The summed E-state index contributed by atoms with van der Waals surface area (Å²) in [6.07, 6.45) is 15.1. The van der Waals surface area contributed by atoms with Crippen molar-refractivity contribution >= 4 is 12.2 Å². The Kier molecular flexibility index (Phi) is 13.5. The summed E-state index contributed by atoms with van der Waals surface area (Å²) in [5, 5.41) is 10.2. The fourth-order valence-electron chi connectivity index (χ4n) is 3.59. The second-order valence-corrected chi connectivity index (χ2v) is 8.70. The van der Waals surface area contributed by atoms with Crippen molar-refractivity contribution < 1.29 is 19.4 Å². The lowest BCUT2D eigenvalue weighted by Gasteiger charge is -2.08. The molecular formula is C29H41NO4. The van der Waals surface area contributed by atoms with E-state index >= 15 is 0 Å². The number of unbranched alkanes of at least 4 members (excludes halogenated alkanes) is 9. The van der Waals surface area contributed by atoms with Crippen LogP contribution in [0.3, 0.4) is 0 Å². The second-order valence-electron chi connectivity index (χ2n) is 8.70. The molecule has 2 aromatic carbocycles. The first kappa shape index (κ1) is 27.4. The lowest BCUT2D eigenvalue weighted by Crippen LogP contribution is -2.08. The first-order valence-corrected chi connectivity index (χ1v) is 12.9. The minimum atomic E-state index is -0.477. The molecule has 0 aliphatic carbocycles. The molecule has 2 aromatic rings. The topological polar surface area (TPSA) is 68.1 Å². The van der Waals surface area contributed by atoms with E-state index in [4.69, 9.17) is 9.47 Å². The van der Waals surface area contributed by atoms with E-state index in [2.05, 4.69) is 18.8 Å². The Morgan fingerprint density at radius 3 is 2.12 bits per heavy atom. The molecule has 0 fully saturated rings. The van der Waals surface area contributed by atoms with Gasteiger partial charge in [-0.05, 0) is 49.2 Å². The van der Waals surface area contributed by atoms with Crippen LogP contribution >= 0.6 is 0 Å². The van der Waals surface area contributed by atoms with E-state index in [-0.39, 0.29) is 5.75 Å². The number of carbonyl (C=O) groups excluding carboxylic acids is 1. The number of aromatic hydroxyl groups is 1. The third kappa shape index (κ3) is 10.9. The highest BCUT2D eigenvalue weighted by Crippen LogP contribution is 2.24. The number of esters is 1. The first-order valence-electron chi connectivity index (χ1n) is 12.9. The molecule has 0 aliphatic rings. The van der Waals surface area contributed by atoms with E-state index in [0.717, 1.165) is 38.0 Å². The Hall–Kier alpha value is -2.82. The van der Waals surface area contributed by atoms with Gasteiger partial charge in [0.2, 0.25) is 0 Å². The van der Waals surface area contributed by atoms with Gasteiger partial charge in [0.1, 0.15) is 17.2 Å². The summed E-state index contributed by atoms with van der Waals surface area (Å²) in [6.45, 7) is 5.81. The standard InChI is InChI=1S/C29H41NO4/c1-3-5-7-8-9-10-11-13-21-33-26-17-14-24(15-18-26)29(32)34-27-19-16-25(28(31)22-27)23-30-20-12-6-4-2/h14-19,22-23,31H,3-13,20-21H2,1-2H3. The predicted octanol–water partition coefficient (Wildman–Crippen LogP) is 7.74. The number of rotatable bonds is 17. The van der Waals surface area contributed by atoms with Crippen molar-refractivity contribution in [1.82, 2.24) is 0 Å². The second kappa shape index (κ2) is 16.7. The fourth-order valence-corrected chi connectivity index (χ4v) is 3.59. The maximum atomic E-state index is 12.4. The summed E-state index contributed by atoms with van der Waals surface area (Å²) in [5.41, 5.74) is 1.04. The van der Waals surface area contributed by atoms with E-state index in [1.807, 2.05) is 0 Å². The van der Waals surface area contributed by atoms with E-state index in [1.165, 1.54) is 51.0 Å². The Morgan fingerprint density at radius 2 is 1.44 bits per heavy atom. The zero-order valence-electron chi connectivity index (χ0n) is 20.9. The molecular weight excluding hydrogens is 426 g/mol. The summed E-state index contributed by atoms with van der Waals surface area (Å²) in [5.74, 6) is 0.602. The van der Waals surface area contributed by atoms with Gasteiger partial charge in [-0.15, -0.1) is 0 Å². The lowest BCUT2D eigenvalue weighted by atomic mass is 10.1. The van der Waals surface area contributed by atoms with Gasteiger partial charge in [0.15, 0.2) is 0 Å². The average molecular weight is 468 g/mol. The zero-order valence-corrected chi connectivity index (χ0v) is 20.9. The molecule has 0 unspecified atom stereocenters. The zero-order chi connectivity index (χ0) is 24.4. The molecule has 0 aromatic heterocycles. The fraction of sp³-hybridized carbons (Fsp3) is 0.517. The molecule has 0 atom stereocenters. The van der Waals surface area contributed by atoms with Crippen LogP contribution in [0.15, 0.2) is 47.5 Å². The normalized spacial score (nSPS) is 11.1. The van der Waals surface area contributed by atoms with Gasteiger partial charge >= 0.3 is 5.97 Å². The number of ether oxygens (including phenoxy) is 2. The molecule has 5 nitrogen and oxygen atoms in total. The summed E-state index contributed by atoms with van der Waals surface area (Å²) in [4.78, 5) is 16.8. The number of nitrogens with zero attached hydrogens (tertiary/aromatic N) is 1. The molecule has 5 heteroatoms. The molecule has 0 aliphatic heterocycles. The number of hydrogen-bond donors (Lipinski definition) is 1. The molecule has 0 amide bonds. The molecule has 0 radical (unpaired) electrons. The van der Waals surface area contributed by atoms with Crippen LogP contribution < -0.4 is 9.47 Å². The monoisotopic (exact) mass is 467 g/mol. The van der Waals surface area contributed by atoms with Gasteiger partial charge in [0, 0.05) is 24.4 Å². The summed E-state index contributed by atoms with van der Waals surface area (Å²) < 4.78 is 11.2. The van der Waals surface area contributed by atoms with Crippen LogP contribution in [0.1, 0.15) is 100 Å². The summed E-state index contributed by atoms with van der Waals surface area (Å²) in [6, 6.07) is 11.8. The molecule has 0 saturated carbocycles. The van der Waals surface area contributed by atoms with E-state index in [1.54, 1.807) is 42.6 Å². The summed E-state index contributed by atoms with van der Waals surface area (Å²) >= 11 is 0. The molecule has 0 heterocycles. The third-order valence-corrected chi connectivity index (χ3v) is 5.69. The van der Waals surface area contributed by atoms with Crippen LogP contribution in [-0.4, -0.2) is 30.4 Å². The quantitative estimate of drug-likeness (QED) is 0.112. The van der Waals surface area contributed by atoms with Crippen molar-refractivity contribution in [3.8, 4) is 17.2 Å². The number of benzene rings is 2. The minimum absolute atomic E-state index is 0.0363. The molecule has 0 bridgehead atoms. The number of hydrogen-bond acceptors (Lipinski definition) is 5. The largest absolute Gasteiger partial charge is 0.507 e. The highest BCUT2D eigenvalue weighted by molar-refractivity contribution is 5.91. The number of aliphatic imine (C=N–C) groups is 1. The Labute approximate surface area is 205 Å². The van der Waals surface area contributed by atoms with Crippen molar-refractivity contribution in [2.45, 2.75) is 84.5 Å². The van der Waals surface area contributed by atoms with Crippen LogP contribution in [0.5, 0.6) is 17.2 Å². The smallest absolute Gasteiger partial charge is 0.343 e. The molecule has 0 spiro atoms. The Balaban J connectivity index is 1.72. The Bertz CT molecular complexity index is 861. The maximum absolute atomic E-state index is 12.4. The molecule has 2 rings (SSSR count).